The summed E-state index contributed by atoms with van der Waals surface area (Å²) in [5.74, 6) is -1.70. The molecule has 0 aromatic carbocycles. The van der Waals surface area contributed by atoms with Crippen LogP contribution in [0.1, 0.15) is 25.3 Å². The van der Waals surface area contributed by atoms with Crippen molar-refractivity contribution in [2.24, 2.45) is 5.92 Å². The van der Waals surface area contributed by atoms with Gasteiger partial charge < -0.3 is 0 Å². The summed E-state index contributed by atoms with van der Waals surface area (Å²) in [4.78, 5) is 40.5. The molecule has 0 bridgehead atoms. The fraction of sp³-hybridized carbons (Fsp3) is 0.385. The van der Waals surface area contributed by atoms with Gasteiger partial charge in [0.25, 0.3) is 0 Å². The largest absolute Gasteiger partial charge is 0.331 e. The monoisotopic (exact) mass is 261 g/mol. The molecule has 0 radical (unpaired) electrons. The molecule has 1 N–H and O–H groups in total. The Labute approximate surface area is 110 Å². The molecule has 1 aliphatic heterocycles. The van der Waals surface area contributed by atoms with E-state index in [4.69, 9.17) is 0 Å². The van der Waals surface area contributed by atoms with E-state index in [9.17, 15) is 14.4 Å². The highest BCUT2D eigenvalue weighted by molar-refractivity contribution is 6.16. The van der Waals surface area contributed by atoms with Crippen LogP contribution in [0.15, 0.2) is 24.5 Å². The van der Waals surface area contributed by atoms with Crippen molar-refractivity contribution in [3.05, 3.63) is 30.1 Å². The highest BCUT2D eigenvalue weighted by Crippen LogP contribution is 2.17. The summed E-state index contributed by atoms with van der Waals surface area (Å²) in [6.45, 7) is 2.02. The maximum absolute atomic E-state index is 12.2. The molecule has 1 fully saturated rings. The van der Waals surface area contributed by atoms with Gasteiger partial charge in [0, 0.05) is 12.4 Å². The van der Waals surface area contributed by atoms with E-state index in [1.165, 1.54) is 0 Å². The zero-order valence-corrected chi connectivity index (χ0v) is 10.6. The lowest BCUT2D eigenvalue weighted by atomic mass is 9.99. The maximum Gasteiger partial charge on any atom is 0.331 e. The van der Waals surface area contributed by atoms with Crippen molar-refractivity contribution in [1.82, 2.24) is 15.2 Å². The molecule has 1 aromatic heterocycles. The van der Waals surface area contributed by atoms with Gasteiger partial charge >= 0.3 is 6.03 Å². The highest BCUT2D eigenvalue weighted by Gasteiger charge is 2.39. The van der Waals surface area contributed by atoms with Gasteiger partial charge in [0.15, 0.2) is 0 Å². The molecule has 2 rings (SSSR count). The van der Waals surface area contributed by atoms with E-state index in [1.54, 1.807) is 24.5 Å². The number of nitrogens with one attached hydrogen (secondary N) is 1. The average molecular weight is 261 g/mol. The normalized spacial score (nSPS) is 19.5. The van der Waals surface area contributed by atoms with Crippen molar-refractivity contribution < 1.29 is 14.4 Å². The standard InChI is InChI=1S/C13H15N3O3/c1-2-4-10-11(17)15-13(19)16(12(10)18)8-9-5-3-6-14-7-9/h3,5-7,10H,2,4,8H2,1H3,(H,15,17,19). The smallest absolute Gasteiger partial charge is 0.277 e. The van der Waals surface area contributed by atoms with E-state index in [1.807, 2.05) is 6.92 Å². The molecule has 19 heavy (non-hydrogen) atoms. The van der Waals surface area contributed by atoms with Crippen LogP contribution in [0.4, 0.5) is 4.79 Å². The van der Waals surface area contributed by atoms with Crippen LogP contribution in [0.25, 0.3) is 0 Å². The Kier molecular flexibility index (Phi) is 3.89. The minimum atomic E-state index is -0.764. The molecule has 0 saturated carbocycles. The van der Waals surface area contributed by atoms with E-state index >= 15 is 0 Å². The number of urea groups is 1. The first-order valence-electron chi connectivity index (χ1n) is 6.18. The molecule has 6 nitrogen and oxygen atoms in total. The van der Waals surface area contributed by atoms with E-state index in [2.05, 4.69) is 10.3 Å². The SMILES string of the molecule is CCCC1C(=O)NC(=O)N(Cc2cccnc2)C1=O. The number of hydrogen-bond acceptors (Lipinski definition) is 4. The minimum Gasteiger partial charge on any atom is -0.277 e. The van der Waals surface area contributed by atoms with Gasteiger partial charge in [-0.1, -0.05) is 19.4 Å². The van der Waals surface area contributed by atoms with Crippen LogP contribution in [0.5, 0.6) is 0 Å². The molecule has 4 amide bonds. The lowest BCUT2D eigenvalue weighted by Gasteiger charge is -2.29. The number of amides is 4. The molecular formula is C13H15N3O3. The maximum atomic E-state index is 12.2. The van der Waals surface area contributed by atoms with Crippen molar-refractivity contribution in [2.45, 2.75) is 26.3 Å². The Morgan fingerprint density at radius 2 is 2.16 bits per heavy atom. The number of barbiturate groups is 1. The van der Waals surface area contributed by atoms with Gasteiger partial charge in [-0.15, -0.1) is 0 Å². The van der Waals surface area contributed by atoms with Crippen molar-refractivity contribution >= 4 is 17.8 Å². The number of aromatic nitrogens is 1. The summed E-state index contributed by atoms with van der Waals surface area (Å²) in [6, 6.07) is 2.85. The zero-order valence-electron chi connectivity index (χ0n) is 10.6. The minimum absolute atomic E-state index is 0.131. The number of carbonyl (C=O) groups excluding carboxylic acids is 3. The van der Waals surface area contributed by atoms with Crippen LogP contribution in [-0.4, -0.2) is 27.7 Å². The first-order valence-corrected chi connectivity index (χ1v) is 6.18. The van der Waals surface area contributed by atoms with Gasteiger partial charge in [0.2, 0.25) is 11.8 Å². The van der Waals surface area contributed by atoms with E-state index in [-0.39, 0.29) is 6.54 Å². The van der Waals surface area contributed by atoms with E-state index in [0.717, 1.165) is 10.5 Å². The molecule has 0 aliphatic carbocycles. The topological polar surface area (TPSA) is 79.4 Å². The lowest BCUT2D eigenvalue weighted by Crippen LogP contribution is -2.57. The molecular weight excluding hydrogens is 246 g/mol. The van der Waals surface area contributed by atoms with Crippen LogP contribution in [0.2, 0.25) is 0 Å². The molecule has 1 saturated heterocycles. The van der Waals surface area contributed by atoms with Crippen molar-refractivity contribution in [2.75, 3.05) is 0 Å². The molecule has 1 aromatic rings. The molecule has 0 spiro atoms. The van der Waals surface area contributed by atoms with Crippen LogP contribution < -0.4 is 5.32 Å². The van der Waals surface area contributed by atoms with Crippen molar-refractivity contribution in [3.8, 4) is 0 Å². The predicted molar refractivity (Wildman–Crippen MR) is 66.7 cm³/mol. The first-order chi connectivity index (χ1) is 9.13. The third-order valence-corrected chi connectivity index (χ3v) is 3.00. The van der Waals surface area contributed by atoms with Crippen LogP contribution in [0, 0.1) is 5.92 Å². The summed E-state index contributed by atoms with van der Waals surface area (Å²) in [5.41, 5.74) is 0.746. The second kappa shape index (κ2) is 5.60. The lowest BCUT2D eigenvalue weighted by molar-refractivity contribution is -0.143. The zero-order chi connectivity index (χ0) is 13.8. The number of nitrogens with zero attached hydrogens (tertiary/aromatic N) is 2. The summed E-state index contributed by atoms with van der Waals surface area (Å²) in [5, 5.41) is 2.22. The third kappa shape index (κ3) is 2.78. The van der Waals surface area contributed by atoms with Gasteiger partial charge in [-0.2, -0.15) is 0 Å². The Morgan fingerprint density at radius 3 is 2.79 bits per heavy atom. The van der Waals surface area contributed by atoms with Crippen molar-refractivity contribution in [3.63, 3.8) is 0 Å². The summed E-state index contributed by atoms with van der Waals surface area (Å²) >= 11 is 0. The first kappa shape index (κ1) is 13.2. The van der Waals surface area contributed by atoms with Crippen LogP contribution in [-0.2, 0) is 16.1 Å². The van der Waals surface area contributed by atoms with Gasteiger partial charge in [-0.3, -0.25) is 24.8 Å². The Balaban J connectivity index is 2.17. The van der Waals surface area contributed by atoms with Gasteiger partial charge in [-0.05, 0) is 18.1 Å². The Morgan fingerprint density at radius 1 is 1.37 bits per heavy atom. The quantitative estimate of drug-likeness (QED) is 0.822. The number of imide groups is 2. The molecule has 100 valence electrons. The Bertz CT molecular complexity index is 501. The fourth-order valence-electron chi connectivity index (χ4n) is 2.03. The van der Waals surface area contributed by atoms with Gasteiger partial charge in [0.05, 0.1) is 6.54 Å². The second-order valence-electron chi connectivity index (χ2n) is 4.42. The average Bonchev–Trinajstić information content (AvgIpc) is 2.41. The van der Waals surface area contributed by atoms with E-state index < -0.39 is 23.8 Å². The molecule has 1 unspecified atom stereocenters. The number of carbonyl (C=O) groups is 3. The second-order valence-corrected chi connectivity index (χ2v) is 4.42. The van der Waals surface area contributed by atoms with E-state index in [0.29, 0.717) is 12.8 Å². The third-order valence-electron chi connectivity index (χ3n) is 3.00. The fourth-order valence-corrected chi connectivity index (χ4v) is 2.03. The molecule has 1 atom stereocenters. The highest BCUT2D eigenvalue weighted by atomic mass is 16.2. The number of pyridine rings is 1. The summed E-state index contributed by atoms with van der Waals surface area (Å²) in [6.07, 6.45) is 4.36. The number of hydrogen-bond donors (Lipinski definition) is 1. The molecule has 6 heteroatoms. The van der Waals surface area contributed by atoms with Crippen LogP contribution >= 0.6 is 0 Å². The van der Waals surface area contributed by atoms with Crippen LogP contribution in [0.3, 0.4) is 0 Å². The number of rotatable bonds is 4. The predicted octanol–water partition coefficient (Wildman–Crippen LogP) is 1.08. The summed E-state index contributed by atoms with van der Waals surface area (Å²) < 4.78 is 0. The van der Waals surface area contributed by atoms with Crippen molar-refractivity contribution in [1.29, 1.82) is 0 Å². The molecule has 1 aliphatic rings. The summed E-state index contributed by atoms with van der Waals surface area (Å²) in [7, 11) is 0. The van der Waals surface area contributed by atoms with Gasteiger partial charge in [0.1, 0.15) is 5.92 Å². The molecule has 2 heterocycles. The van der Waals surface area contributed by atoms with Gasteiger partial charge in [-0.25, -0.2) is 4.79 Å². The Hall–Kier alpha value is -2.24.